The van der Waals surface area contributed by atoms with E-state index < -0.39 is 15.5 Å². The number of carbonyl (C=O) groups excluding carboxylic acids is 1. The zero-order valence-corrected chi connectivity index (χ0v) is 20.1. The lowest BCUT2D eigenvalue weighted by molar-refractivity contribution is -0.120. The van der Waals surface area contributed by atoms with Gasteiger partial charge in [0.15, 0.2) is 5.96 Å². The number of alkyl halides is 3. The number of halogens is 4. The van der Waals surface area contributed by atoms with Crippen LogP contribution in [0.15, 0.2) is 4.99 Å². The molecule has 2 fully saturated rings. The molecule has 30 heavy (non-hydrogen) atoms. The Labute approximate surface area is 192 Å². The second kappa shape index (κ2) is 12.3. The van der Waals surface area contributed by atoms with Crippen LogP contribution in [0.3, 0.4) is 0 Å². The summed E-state index contributed by atoms with van der Waals surface area (Å²) in [6.07, 6.45) is 5.81. The number of hydrogen-bond donors (Lipinski definition) is 3. The number of nitrogens with zero attached hydrogens (tertiary/aromatic N) is 2. The summed E-state index contributed by atoms with van der Waals surface area (Å²) in [7, 11) is -5.29. The Morgan fingerprint density at radius 3 is 2.13 bits per heavy atom. The predicted octanol–water partition coefficient (Wildman–Crippen LogP) is 1.92. The van der Waals surface area contributed by atoms with Gasteiger partial charge in [-0.05, 0) is 32.6 Å². The van der Waals surface area contributed by atoms with Crippen molar-refractivity contribution < 1.29 is 26.4 Å². The van der Waals surface area contributed by atoms with Crippen molar-refractivity contribution in [3.63, 3.8) is 0 Å². The third-order valence-corrected chi connectivity index (χ3v) is 6.75. The van der Waals surface area contributed by atoms with Gasteiger partial charge in [-0.2, -0.15) is 17.5 Å². The molecule has 8 nitrogen and oxygen atoms in total. The van der Waals surface area contributed by atoms with E-state index in [4.69, 9.17) is 0 Å². The minimum Gasteiger partial charge on any atom is -0.357 e. The average molecular weight is 569 g/mol. The first-order valence-electron chi connectivity index (χ1n) is 10.0. The summed E-state index contributed by atoms with van der Waals surface area (Å²) in [6.45, 7) is 1.92. The molecule has 1 saturated heterocycles. The summed E-state index contributed by atoms with van der Waals surface area (Å²) in [5, 5.41) is 9.06. The molecule has 1 amide bonds. The smallest absolute Gasteiger partial charge is 0.357 e. The first-order valence-corrected chi connectivity index (χ1v) is 11.5. The van der Waals surface area contributed by atoms with Gasteiger partial charge in [-0.3, -0.25) is 4.79 Å². The minimum absolute atomic E-state index is 0. The number of sulfonamides is 1. The van der Waals surface area contributed by atoms with Gasteiger partial charge in [0.2, 0.25) is 5.91 Å². The number of piperidine rings is 1. The fourth-order valence-electron chi connectivity index (χ4n) is 3.57. The summed E-state index contributed by atoms with van der Waals surface area (Å²) in [6, 6.07) is -0.0317. The van der Waals surface area contributed by atoms with E-state index in [-0.39, 0.29) is 74.4 Å². The Balaban J connectivity index is 0.00000450. The number of aliphatic imine (C=N–C) groups is 1. The van der Waals surface area contributed by atoms with Crippen LogP contribution in [-0.2, 0) is 14.8 Å². The van der Waals surface area contributed by atoms with Gasteiger partial charge in [0.1, 0.15) is 6.54 Å². The second-order valence-electron chi connectivity index (χ2n) is 7.37. The van der Waals surface area contributed by atoms with Crippen molar-refractivity contribution in [2.75, 3.05) is 26.2 Å². The predicted molar refractivity (Wildman–Crippen MR) is 119 cm³/mol. The molecule has 2 rings (SSSR count). The van der Waals surface area contributed by atoms with Crippen LogP contribution in [-0.4, -0.2) is 68.4 Å². The van der Waals surface area contributed by atoms with Crippen LogP contribution in [0.25, 0.3) is 0 Å². The SMILES string of the molecule is CCNC(=NCC(=O)NC1CCCCC1)NC1CCN(S(=O)(=O)C(F)(F)F)CC1.I. The highest BCUT2D eigenvalue weighted by Gasteiger charge is 2.50. The van der Waals surface area contributed by atoms with E-state index in [9.17, 15) is 26.4 Å². The van der Waals surface area contributed by atoms with Crippen LogP contribution in [0.4, 0.5) is 13.2 Å². The fraction of sp³-hybridized carbons (Fsp3) is 0.882. The lowest BCUT2D eigenvalue weighted by Gasteiger charge is -2.32. The van der Waals surface area contributed by atoms with E-state index in [0.717, 1.165) is 25.7 Å². The maximum atomic E-state index is 12.7. The first-order chi connectivity index (χ1) is 13.6. The first kappa shape index (κ1) is 27.2. The lowest BCUT2D eigenvalue weighted by Crippen LogP contribution is -2.51. The fourth-order valence-corrected chi connectivity index (χ4v) is 4.56. The third kappa shape index (κ3) is 8.02. The second-order valence-corrected chi connectivity index (χ2v) is 9.30. The zero-order valence-electron chi connectivity index (χ0n) is 17.0. The highest BCUT2D eigenvalue weighted by molar-refractivity contribution is 14.0. The topological polar surface area (TPSA) is 103 Å². The van der Waals surface area contributed by atoms with E-state index >= 15 is 0 Å². The molecular weight excluding hydrogens is 538 g/mol. The number of nitrogens with one attached hydrogen (secondary N) is 3. The molecular formula is C17H31F3IN5O3S. The van der Waals surface area contributed by atoms with Crippen LogP contribution in [0.2, 0.25) is 0 Å². The van der Waals surface area contributed by atoms with Gasteiger partial charge in [-0.15, -0.1) is 24.0 Å². The molecule has 0 spiro atoms. The van der Waals surface area contributed by atoms with Crippen molar-refractivity contribution in [1.82, 2.24) is 20.3 Å². The highest BCUT2D eigenvalue weighted by Crippen LogP contribution is 2.28. The van der Waals surface area contributed by atoms with Gasteiger partial charge in [0.25, 0.3) is 0 Å². The van der Waals surface area contributed by atoms with Crippen LogP contribution in [0, 0.1) is 0 Å². The number of carbonyl (C=O) groups is 1. The minimum atomic E-state index is -5.29. The molecule has 176 valence electrons. The number of amides is 1. The van der Waals surface area contributed by atoms with Crippen LogP contribution in [0.1, 0.15) is 51.9 Å². The van der Waals surface area contributed by atoms with Crippen molar-refractivity contribution in [2.24, 2.45) is 4.99 Å². The van der Waals surface area contributed by atoms with Crippen LogP contribution >= 0.6 is 24.0 Å². The van der Waals surface area contributed by atoms with E-state index in [1.54, 1.807) is 0 Å². The van der Waals surface area contributed by atoms with Crippen LogP contribution in [0.5, 0.6) is 0 Å². The summed E-state index contributed by atoms with van der Waals surface area (Å²) < 4.78 is 61.4. The van der Waals surface area contributed by atoms with Gasteiger partial charge in [-0.1, -0.05) is 19.3 Å². The summed E-state index contributed by atoms with van der Waals surface area (Å²) in [5.74, 6) is 0.226. The molecule has 1 heterocycles. The van der Waals surface area contributed by atoms with Crippen molar-refractivity contribution >= 4 is 45.9 Å². The van der Waals surface area contributed by atoms with Crippen molar-refractivity contribution in [3.8, 4) is 0 Å². The molecule has 1 aliphatic heterocycles. The van der Waals surface area contributed by atoms with E-state index in [2.05, 4.69) is 20.9 Å². The van der Waals surface area contributed by atoms with Crippen molar-refractivity contribution in [1.29, 1.82) is 0 Å². The van der Waals surface area contributed by atoms with Gasteiger partial charge in [-0.25, -0.2) is 13.4 Å². The Kier molecular flexibility index (Phi) is 11.1. The van der Waals surface area contributed by atoms with Gasteiger partial charge in [0.05, 0.1) is 0 Å². The standard InChI is InChI=1S/C17H30F3N5O3S.HI/c1-2-21-16(22-12-15(26)23-13-6-4-3-5-7-13)24-14-8-10-25(11-9-14)29(27,28)17(18,19)20;/h13-14H,2-12H2,1H3,(H,23,26)(H2,21,22,24);1H. The molecule has 0 atom stereocenters. The molecule has 1 aliphatic carbocycles. The Morgan fingerprint density at radius 2 is 1.60 bits per heavy atom. The van der Waals surface area contributed by atoms with Crippen LogP contribution < -0.4 is 16.0 Å². The quantitative estimate of drug-likeness (QED) is 0.258. The van der Waals surface area contributed by atoms with E-state index in [0.29, 0.717) is 16.8 Å². The maximum absolute atomic E-state index is 12.7. The van der Waals surface area contributed by atoms with E-state index in [1.807, 2.05) is 6.92 Å². The molecule has 0 unspecified atom stereocenters. The highest BCUT2D eigenvalue weighted by atomic mass is 127. The monoisotopic (exact) mass is 569 g/mol. The maximum Gasteiger partial charge on any atom is 0.511 e. The van der Waals surface area contributed by atoms with Gasteiger partial charge < -0.3 is 16.0 Å². The Bertz CT molecular complexity index is 677. The molecule has 0 aromatic carbocycles. The lowest BCUT2D eigenvalue weighted by atomic mass is 9.95. The third-order valence-electron chi connectivity index (χ3n) is 5.12. The zero-order chi connectivity index (χ0) is 21.5. The molecule has 13 heteroatoms. The summed E-state index contributed by atoms with van der Waals surface area (Å²) >= 11 is 0. The number of hydrogen-bond acceptors (Lipinski definition) is 4. The average Bonchev–Trinajstić information content (AvgIpc) is 2.66. The van der Waals surface area contributed by atoms with Crippen molar-refractivity contribution in [2.45, 2.75) is 69.5 Å². The normalized spacial score (nSPS) is 20.3. The molecule has 0 aromatic rings. The van der Waals surface area contributed by atoms with Crippen molar-refractivity contribution in [3.05, 3.63) is 0 Å². The number of rotatable bonds is 6. The molecule has 2 aliphatic rings. The molecule has 0 radical (unpaired) electrons. The Morgan fingerprint density at radius 1 is 1.03 bits per heavy atom. The molecule has 3 N–H and O–H groups in total. The molecule has 0 bridgehead atoms. The van der Waals surface area contributed by atoms with Gasteiger partial charge >= 0.3 is 15.5 Å². The molecule has 0 aromatic heterocycles. The van der Waals surface area contributed by atoms with E-state index in [1.165, 1.54) is 6.42 Å². The summed E-state index contributed by atoms with van der Waals surface area (Å²) in [4.78, 5) is 16.4. The Hall–Kier alpha value is -0.830. The van der Waals surface area contributed by atoms with Gasteiger partial charge in [0, 0.05) is 31.7 Å². The number of guanidine groups is 1. The largest absolute Gasteiger partial charge is 0.511 e. The summed E-state index contributed by atoms with van der Waals surface area (Å²) in [5.41, 5.74) is -5.28. The molecule has 1 saturated carbocycles.